The van der Waals surface area contributed by atoms with Gasteiger partial charge < -0.3 is 4.42 Å². The molecular weight excluding hydrogens is 400 g/mol. The first-order valence-corrected chi connectivity index (χ1v) is 11.5. The molecule has 0 amide bonds. The summed E-state index contributed by atoms with van der Waals surface area (Å²) in [5, 5.41) is 8.41. The Morgan fingerprint density at radius 3 is 2.03 bits per heavy atom. The first kappa shape index (κ1) is 20.7. The van der Waals surface area contributed by atoms with E-state index in [1.54, 1.807) is 16.4 Å². The Labute approximate surface area is 177 Å². The van der Waals surface area contributed by atoms with E-state index in [1.807, 2.05) is 57.2 Å². The SMILES string of the molecule is Cc1ccc(-c2nnc(C(C)N3CCN(S(=O)(=O)c4ccc(C)cc4)CC3)o2)cc1. The van der Waals surface area contributed by atoms with E-state index < -0.39 is 10.0 Å². The van der Waals surface area contributed by atoms with Crippen molar-refractivity contribution >= 4 is 10.0 Å². The molecule has 3 aromatic rings. The molecular formula is C22H26N4O3S. The average molecular weight is 427 g/mol. The van der Waals surface area contributed by atoms with Crippen molar-refractivity contribution in [2.45, 2.75) is 31.7 Å². The molecule has 8 heteroatoms. The molecule has 1 unspecified atom stereocenters. The largest absolute Gasteiger partial charge is 0.419 e. The highest BCUT2D eigenvalue weighted by molar-refractivity contribution is 7.89. The van der Waals surface area contributed by atoms with E-state index in [1.165, 1.54) is 5.56 Å². The number of hydrogen-bond acceptors (Lipinski definition) is 6. The van der Waals surface area contributed by atoms with Crippen LogP contribution in [0.15, 0.2) is 57.8 Å². The number of aryl methyl sites for hydroxylation is 2. The predicted molar refractivity (Wildman–Crippen MR) is 114 cm³/mol. The van der Waals surface area contributed by atoms with Gasteiger partial charge in [-0.25, -0.2) is 8.42 Å². The van der Waals surface area contributed by atoms with Crippen LogP contribution in [-0.2, 0) is 10.0 Å². The minimum atomic E-state index is -3.47. The van der Waals surface area contributed by atoms with Crippen LogP contribution < -0.4 is 0 Å². The molecule has 0 aliphatic carbocycles. The van der Waals surface area contributed by atoms with Crippen molar-refractivity contribution in [3.63, 3.8) is 0 Å². The summed E-state index contributed by atoms with van der Waals surface area (Å²) in [5.41, 5.74) is 3.10. The molecule has 1 aromatic heterocycles. The van der Waals surface area contributed by atoms with E-state index in [9.17, 15) is 8.42 Å². The Bertz CT molecular complexity index is 1100. The molecule has 1 aliphatic heterocycles. The fraction of sp³-hybridized carbons (Fsp3) is 0.364. The molecule has 0 radical (unpaired) electrons. The lowest BCUT2D eigenvalue weighted by Crippen LogP contribution is -2.49. The average Bonchev–Trinajstić information content (AvgIpc) is 3.24. The number of rotatable bonds is 5. The molecule has 2 aromatic carbocycles. The molecule has 1 aliphatic rings. The van der Waals surface area contributed by atoms with Gasteiger partial charge in [-0.15, -0.1) is 10.2 Å². The van der Waals surface area contributed by atoms with Crippen LogP contribution in [0.3, 0.4) is 0 Å². The quantitative estimate of drug-likeness (QED) is 0.622. The van der Waals surface area contributed by atoms with Crippen LogP contribution >= 0.6 is 0 Å². The maximum Gasteiger partial charge on any atom is 0.247 e. The second-order valence-electron chi connectivity index (χ2n) is 7.74. The van der Waals surface area contributed by atoms with Crippen molar-refractivity contribution in [2.75, 3.05) is 26.2 Å². The summed E-state index contributed by atoms with van der Waals surface area (Å²) in [4.78, 5) is 2.52. The van der Waals surface area contributed by atoms with E-state index in [0.29, 0.717) is 42.9 Å². The Hall–Kier alpha value is -2.55. The van der Waals surface area contributed by atoms with Crippen molar-refractivity contribution in [1.82, 2.24) is 19.4 Å². The van der Waals surface area contributed by atoms with Gasteiger partial charge in [0, 0.05) is 31.7 Å². The molecule has 0 bridgehead atoms. The molecule has 158 valence electrons. The van der Waals surface area contributed by atoms with Gasteiger partial charge in [0.1, 0.15) is 0 Å². The first-order chi connectivity index (χ1) is 14.3. The molecule has 7 nitrogen and oxygen atoms in total. The Morgan fingerprint density at radius 2 is 1.43 bits per heavy atom. The lowest BCUT2D eigenvalue weighted by atomic mass is 10.1. The van der Waals surface area contributed by atoms with Crippen molar-refractivity contribution in [1.29, 1.82) is 0 Å². The summed E-state index contributed by atoms with van der Waals surface area (Å²) in [5.74, 6) is 1.04. The summed E-state index contributed by atoms with van der Waals surface area (Å²) < 4.78 is 33.2. The first-order valence-electron chi connectivity index (χ1n) is 10.1. The lowest BCUT2D eigenvalue weighted by Gasteiger charge is -2.36. The number of piperazine rings is 1. The Balaban J connectivity index is 1.41. The van der Waals surface area contributed by atoms with Crippen LogP contribution in [0.25, 0.3) is 11.5 Å². The standard InChI is InChI=1S/C22H26N4O3S/c1-16-4-8-19(9-5-16)22-24-23-21(29-22)18(3)25-12-14-26(15-13-25)30(27,28)20-10-6-17(2)7-11-20/h4-11,18H,12-15H2,1-3H3. The van der Waals surface area contributed by atoms with Crippen molar-refractivity contribution in [3.05, 3.63) is 65.5 Å². The molecule has 4 rings (SSSR count). The number of aromatic nitrogens is 2. The molecule has 0 N–H and O–H groups in total. The maximum absolute atomic E-state index is 12.9. The smallest absolute Gasteiger partial charge is 0.247 e. The van der Waals surface area contributed by atoms with Gasteiger partial charge in [0.05, 0.1) is 10.9 Å². The fourth-order valence-electron chi connectivity index (χ4n) is 3.56. The molecule has 1 atom stereocenters. The van der Waals surface area contributed by atoms with Crippen molar-refractivity contribution < 1.29 is 12.8 Å². The van der Waals surface area contributed by atoms with Gasteiger partial charge in [-0.2, -0.15) is 4.31 Å². The van der Waals surface area contributed by atoms with E-state index in [4.69, 9.17) is 4.42 Å². The number of sulfonamides is 1. The van der Waals surface area contributed by atoms with E-state index in [-0.39, 0.29) is 6.04 Å². The Kier molecular flexibility index (Phi) is 5.73. The zero-order chi connectivity index (χ0) is 21.3. The van der Waals surface area contributed by atoms with Gasteiger partial charge >= 0.3 is 0 Å². The fourth-order valence-corrected chi connectivity index (χ4v) is 4.99. The van der Waals surface area contributed by atoms with Crippen LogP contribution in [0.5, 0.6) is 0 Å². The van der Waals surface area contributed by atoms with Gasteiger partial charge in [0.25, 0.3) is 0 Å². The molecule has 2 heterocycles. The molecule has 0 saturated carbocycles. The minimum Gasteiger partial charge on any atom is -0.419 e. The Morgan fingerprint density at radius 1 is 0.867 bits per heavy atom. The van der Waals surface area contributed by atoms with Crippen LogP contribution in [0.1, 0.15) is 30.0 Å². The second-order valence-corrected chi connectivity index (χ2v) is 9.68. The summed E-state index contributed by atoms with van der Waals surface area (Å²) in [6, 6.07) is 14.9. The van der Waals surface area contributed by atoms with Crippen LogP contribution in [-0.4, -0.2) is 54.0 Å². The van der Waals surface area contributed by atoms with Gasteiger partial charge in [0.15, 0.2) is 0 Å². The third-order valence-corrected chi connectivity index (χ3v) is 7.49. The number of hydrogen-bond donors (Lipinski definition) is 0. The number of nitrogens with zero attached hydrogens (tertiary/aromatic N) is 4. The normalized spacial score (nSPS) is 17.2. The van der Waals surface area contributed by atoms with Crippen molar-refractivity contribution in [3.8, 4) is 11.5 Å². The summed E-state index contributed by atoms with van der Waals surface area (Å²) in [6.07, 6.45) is 0. The highest BCUT2D eigenvalue weighted by Crippen LogP contribution is 2.26. The third-order valence-electron chi connectivity index (χ3n) is 5.58. The molecule has 1 saturated heterocycles. The van der Waals surface area contributed by atoms with Gasteiger partial charge in [0.2, 0.25) is 21.8 Å². The summed E-state index contributed by atoms with van der Waals surface area (Å²) in [6.45, 7) is 8.06. The van der Waals surface area contributed by atoms with Crippen LogP contribution in [0.2, 0.25) is 0 Å². The number of benzene rings is 2. The minimum absolute atomic E-state index is 0.0825. The van der Waals surface area contributed by atoms with E-state index in [0.717, 1.165) is 11.1 Å². The molecule has 1 fully saturated rings. The van der Waals surface area contributed by atoms with Gasteiger partial charge in [-0.1, -0.05) is 35.4 Å². The third kappa shape index (κ3) is 4.16. The highest BCUT2D eigenvalue weighted by Gasteiger charge is 2.31. The second kappa shape index (κ2) is 8.29. The zero-order valence-corrected chi connectivity index (χ0v) is 18.3. The predicted octanol–water partition coefficient (Wildman–Crippen LogP) is 3.42. The lowest BCUT2D eigenvalue weighted by molar-refractivity contribution is 0.129. The zero-order valence-electron chi connectivity index (χ0n) is 17.4. The molecule has 0 spiro atoms. The van der Waals surface area contributed by atoms with Gasteiger partial charge in [-0.3, -0.25) is 4.90 Å². The van der Waals surface area contributed by atoms with E-state index in [2.05, 4.69) is 15.1 Å². The molecule has 30 heavy (non-hydrogen) atoms. The monoisotopic (exact) mass is 426 g/mol. The van der Waals surface area contributed by atoms with Crippen molar-refractivity contribution in [2.24, 2.45) is 0 Å². The maximum atomic E-state index is 12.9. The summed E-state index contributed by atoms with van der Waals surface area (Å²) in [7, 11) is -3.47. The van der Waals surface area contributed by atoms with E-state index >= 15 is 0 Å². The topological polar surface area (TPSA) is 79.5 Å². The summed E-state index contributed by atoms with van der Waals surface area (Å²) >= 11 is 0. The van der Waals surface area contributed by atoms with Gasteiger partial charge in [-0.05, 0) is 45.0 Å². The van der Waals surface area contributed by atoms with Crippen LogP contribution in [0.4, 0.5) is 0 Å². The highest BCUT2D eigenvalue weighted by atomic mass is 32.2. The van der Waals surface area contributed by atoms with Crippen LogP contribution in [0, 0.1) is 13.8 Å².